The Balaban J connectivity index is 0.000000173. The normalized spacial score (nSPS) is 14.6. The number of likely N-dealkylation sites (N-methyl/N-ethyl adjacent to an activating group) is 2. The van der Waals surface area contributed by atoms with Crippen molar-refractivity contribution < 1.29 is 19.2 Å². The minimum absolute atomic E-state index is 0.116. The van der Waals surface area contributed by atoms with E-state index >= 15 is 0 Å². The zero-order chi connectivity index (χ0) is 51.8. The zero-order valence-electron chi connectivity index (χ0n) is 41.9. The standard InChI is InChI=1S/C31H30N6O2S.C26H28N6O2S/c1-36-16-18-37(19-17-36)24-14-12-23(13-15-24)30(38)33-29-28-25(34-35-29)20-26(40-28)31(39)32-27(21-8-4-2-5-9-21)22-10-6-3-7-11-22;1-17(18-6-4-3-5-7-18)27-26(34)22-16-21-23(35-22)24(30-29-21)28-25(33)19-8-10-20(11-9-19)32-14-12-31(2)13-15-32/h2-15,20,27H,16-19H2,1H3,(H,32,39)(H2,33,34,35,38);3-11,16-17H,12-15H2,1-2H3,(H,27,34)(H2,28,29,30,33)/t;17-/m.1/s1. The Morgan fingerprint density at radius 3 is 1.25 bits per heavy atom. The van der Waals surface area contributed by atoms with Crippen molar-refractivity contribution in [2.24, 2.45) is 0 Å². The first-order valence-electron chi connectivity index (χ1n) is 24.9. The third kappa shape index (κ3) is 12.0. The number of anilines is 4. The van der Waals surface area contributed by atoms with Gasteiger partial charge in [0.25, 0.3) is 23.6 Å². The lowest BCUT2D eigenvalue weighted by atomic mass is 9.98. The Bertz CT molecular complexity index is 3340. The molecule has 0 unspecified atom stereocenters. The van der Waals surface area contributed by atoms with Crippen molar-refractivity contribution in [1.82, 2.24) is 40.8 Å². The van der Waals surface area contributed by atoms with Crippen LogP contribution in [0.15, 0.2) is 152 Å². The van der Waals surface area contributed by atoms with E-state index in [9.17, 15) is 19.2 Å². The lowest BCUT2D eigenvalue weighted by molar-refractivity contribution is 0.0937. The largest absolute Gasteiger partial charge is 0.369 e. The second kappa shape index (κ2) is 22.9. The molecule has 0 spiro atoms. The number of hydrogen-bond donors (Lipinski definition) is 6. The number of nitrogens with one attached hydrogen (secondary N) is 6. The molecule has 18 heteroatoms. The van der Waals surface area contributed by atoms with Crippen molar-refractivity contribution in [3.63, 3.8) is 0 Å². The van der Waals surface area contributed by atoms with Gasteiger partial charge in [-0.25, -0.2) is 0 Å². The van der Waals surface area contributed by atoms with Gasteiger partial charge in [-0.05, 0) is 98.4 Å². The van der Waals surface area contributed by atoms with Crippen molar-refractivity contribution in [2.45, 2.75) is 19.0 Å². The molecule has 75 heavy (non-hydrogen) atoms. The highest BCUT2D eigenvalue weighted by Gasteiger charge is 2.24. The minimum atomic E-state index is -0.290. The molecule has 0 radical (unpaired) electrons. The Labute approximate surface area is 442 Å². The monoisotopic (exact) mass is 1040 g/mol. The summed E-state index contributed by atoms with van der Waals surface area (Å²) in [4.78, 5) is 62.5. The van der Waals surface area contributed by atoms with Crippen LogP contribution in [0, 0.1) is 0 Å². The van der Waals surface area contributed by atoms with E-state index < -0.39 is 0 Å². The van der Waals surface area contributed by atoms with E-state index in [4.69, 9.17) is 0 Å². The second-order valence-corrected chi connectivity index (χ2v) is 20.9. The molecule has 5 aromatic carbocycles. The molecule has 2 aliphatic rings. The summed E-state index contributed by atoms with van der Waals surface area (Å²) < 4.78 is 1.47. The topological polar surface area (TPSA) is 187 Å². The number of rotatable bonds is 13. The van der Waals surface area contributed by atoms with Crippen molar-refractivity contribution >= 4 is 89.7 Å². The third-order valence-corrected chi connectivity index (χ3v) is 15.8. The van der Waals surface area contributed by atoms with E-state index in [0.717, 1.165) is 89.8 Å². The van der Waals surface area contributed by atoms with Gasteiger partial charge in [-0.15, -0.1) is 22.7 Å². The fourth-order valence-corrected chi connectivity index (χ4v) is 11.0. The fraction of sp³-hybridized carbons (Fsp3) is 0.228. The van der Waals surface area contributed by atoms with E-state index in [2.05, 4.69) is 75.4 Å². The maximum atomic E-state index is 13.4. The van der Waals surface area contributed by atoms with Crippen LogP contribution in [0.2, 0.25) is 0 Å². The van der Waals surface area contributed by atoms with Crippen LogP contribution >= 0.6 is 22.7 Å². The van der Waals surface area contributed by atoms with Crippen molar-refractivity contribution in [3.8, 4) is 0 Å². The molecule has 16 nitrogen and oxygen atoms in total. The number of carbonyl (C=O) groups is 4. The lowest BCUT2D eigenvalue weighted by Gasteiger charge is -2.34. The van der Waals surface area contributed by atoms with Gasteiger partial charge in [0, 0.05) is 74.9 Å². The summed E-state index contributed by atoms with van der Waals surface area (Å²) in [7, 11) is 4.26. The molecule has 9 aromatic rings. The number of hydrogen-bond acceptors (Lipinski definition) is 12. The number of aromatic amines is 2. The predicted octanol–water partition coefficient (Wildman–Crippen LogP) is 9.27. The molecule has 4 amide bonds. The molecule has 0 bridgehead atoms. The highest BCUT2D eigenvalue weighted by atomic mass is 32.1. The van der Waals surface area contributed by atoms with Gasteiger partial charge >= 0.3 is 0 Å². The molecule has 0 aliphatic carbocycles. The van der Waals surface area contributed by atoms with Crippen molar-refractivity contribution in [3.05, 3.63) is 189 Å². The van der Waals surface area contributed by atoms with Crippen LogP contribution in [0.4, 0.5) is 23.0 Å². The molecule has 2 fully saturated rings. The molecule has 382 valence electrons. The fourth-order valence-electron chi connectivity index (χ4n) is 9.11. The zero-order valence-corrected chi connectivity index (χ0v) is 43.5. The Hall–Kier alpha value is -8.16. The minimum Gasteiger partial charge on any atom is -0.369 e. The summed E-state index contributed by atoms with van der Waals surface area (Å²) in [6.07, 6.45) is 0. The van der Waals surface area contributed by atoms with Gasteiger partial charge < -0.3 is 40.9 Å². The molecular weight excluding hydrogens is 981 g/mol. The number of carbonyl (C=O) groups excluding carboxylic acids is 4. The summed E-state index contributed by atoms with van der Waals surface area (Å²) in [6.45, 7) is 9.96. The number of fused-ring (bicyclic) bond motifs is 2. The molecule has 4 aromatic heterocycles. The molecule has 0 saturated carbocycles. The van der Waals surface area contributed by atoms with Crippen molar-refractivity contribution in [1.29, 1.82) is 0 Å². The first kappa shape index (κ1) is 50.4. The average Bonchev–Trinajstić information content (AvgIpc) is 4.26. The van der Waals surface area contributed by atoms with Crippen LogP contribution in [-0.4, -0.2) is 120 Å². The maximum absolute atomic E-state index is 13.4. The molecule has 2 aliphatic heterocycles. The number of amides is 4. The summed E-state index contributed by atoms with van der Waals surface area (Å²) in [5, 5.41) is 26.4. The van der Waals surface area contributed by atoms with Gasteiger partial charge in [0.1, 0.15) is 0 Å². The van der Waals surface area contributed by atoms with Crippen LogP contribution in [-0.2, 0) is 0 Å². The number of H-pyrrole nitrogens is 2. The number of piperazine rings is 2. The molecule has 6 N–H and O–H groups in total. The smallest absolute Gasteiger partial charge is 0.262 e. The van der Waals surface area contributed by atoms with Crippen LogP contribution in [0.3, 0.4) is 0 Å². The van der Waals surface area contributed by atoms with Gasteiger partial charge in [-0.3, -0.25) is 29.4 Å². The predicted molar refractivity (Wildman–Crippen MR) is 301 cm³/mol. The molecule has 6 heterocycles. The van der Waals surface area contributed by atoms with E-state index in [1.165, 1.54) is 22.7 Å². The van der Waals surface area contributed by atoms with Crippen molar-refractivity contribution in [2.75, 3.05) is 86.9 Å². The summed E-state index contributed by atoms with van der Waals surface area (Å²) >= 11 is 2.60. The van der Waals surface area contributed by atoms with E-state index in [-0.39, 0.29) is 35.7 Å². The lowest BCUT2D eigenvalue weighted by Crippen LogP contribution is -2.44. The van der Waals surface area contributed by atoms with Gasteiger partial charge in [-0.2, -0.15) is 10.2 Å². The molecular formula is C57H58N12O4S2. The van der Waals surface area contributed by atoms with E-state index in [0.29, 0.717) is 43.6 Å². The van der Waals surface area contributed by atoms with Crippen LogP contribution in [0.25, 0.3) is 20.4 Å². The van der Waals surface area contributed by atoms with E-state index in [1.807, 2.05) is 146 Å². The van der Waals surface area contributed by atoms with E-state index in [1.54, 1.807) is 12.1 Å². The first-order chi connectivity index (χ1) is 36.5. The number of nitrogens with zero attached hydrogens (tertiary/aromatic N) is 6. The van der Waals surface area contributed by atoms with Gasteiger partial charge in [0.15, 0.2) is 11.6 Å². The van der Waals surface area contributed by atoms with Crippen LogP contribution < -0.4 is 31.1 Å². The van der Waals surface area contributed by atoms with Crippen LogP contribution in [0.1, 0.15) is 75.8 Å². The average molecular weight is 1040 g/mol. The first-order valence-corrected chi connectivity index (χ1v) is 26.6. The number of benzene rings is 5. The SMILES string of the molecule is CN1CCN(c2ccc(C(=O)Nc3n[nH]c4cc(C(=O)NC(c5ccccc5)c5ccccc5)sc34)cc2)CC1.C[C@@H](NC(=O)c1cc2[nH]nc(NC(=O)c3ccc(N4CCN(C)CC4)cc3)c2s1)c1ccccc1. The second-order valence-electron chi connectivity index (χ2n) is 18.8. The Morgan fingerprint density at radius 2 is 0.853 bits per heavy atom. The summed E-state index contributed by atoms with van der Waals surface area (Å²) in [5.74, 6) is 0.00587. The highest BCUT2D eigenvalue weighted by molar-refractivity contribution is 7.21. The molecule has 11 rings (SSSR count). The number of aromatic nitrogens is 4. The van der Waals surface area contributed by atoms with Gasteiger partial charge in [-0.1, -0.05) is 91.0 Å². The highest BCUT2D eigenvalue weighted by Crippen LogP contribution is 2.33. The summed E-state index contributed by atoms with van der Waals surface area (Å²) in [6, 6.07) is 48.1. The Morgan fingerprint density at radius 1 is 0.480 bits per heavy atom. The quantitative estimate of drug-likeness (QED) is 0.0650. The molecule has 1 atom stereocenters. The van der Waals surface area contributed by atoms with Gasteiger partial charge in [0.05, 0.1) is 42.3 Å². The Kier molecular flexibility index (Phi) is 15.4. The maximum Gasteiger partial charge on any atom is 0.262 e. The van der Waals surface area contributed by atoms with Gasteiger partial charge in [0.2, 0.25) is 0 Å². The molecule has 2 saturated heterocycles. The summed E-state index contributed by atoms with van der Waals surface area (Å²) in [5.41, 5.74) is 7.80. The van der Waals surface area contributed by atoms with Crippen LogP contribution in [0.5, 0.6) is 0 Å². The number of thiophene rings is 2. The third-order valence-electron chi connectivity index (χ3n) is 13.6.